The van der Waals surface area contributed by atoms with Gasteiger partial charge in [0.25, 0.3) is 0 Å². The molecule has 0 amide bonds. The van der Waals surface area contributed by atoms with E-state index in [0.717, 1.165) is 11.5 Å². The minimum atomic E-state index is -0.518. The predicted molar refractivity (Wildman–Crippen MR) is 98.6 cm³/mol. The van der Waals surface area contributed by atoms with Crippen molar-refractivity contribution in [3.8, 4) is 16.8 Å². The van der Waals surface area contributed by atoms with Crippen LogP contribution in [-0.4, -0.2) is 14.2 Å². The molecule has 3 heteroatoms. The molecule has 0 N–H and O–H groups in total. The first-order valence-corrected chi connectivity index (χ1v) is 8.87. The van der Waals surface area contributed by atoms with Crippen LogP contribution < -0.4 is 9.47 Å². The van der Waals surface area contributed by atoms with Crippen molar-refractivity contribution in [2.75, 3.05) is 14.2 Å². The van der Waals surface area contributed by atoms with Gasteiger partial charge in [0.15, 0.2) is 0 Å². The van der Waals surface area contributed by atoms with Crippen LogP contribution in [0.15, 0.2) is 66.7 Å². The first kappa shape index (κ1) is 14.2. The Morgan fingerprint density at radius 3 is 1.65 bits per heavy atom. The molecular formula is C20H17O2P. The molecule has 0 spiro atoms. The van der Waals surface area contributed by atoms with E-state index in [4.69, 9.17) is 9.47 Å². The van der Waals surface area contributed by atoms with Crippen molar-refractivity contribution in [1.82, 2.24) is 0 Å². The molecule has 4 rings (SSSR count). The summed E-state index contributed by atoms with van der Waals surface area (Å²) < 4.78 is 10.9. The normalized spacial score (nSPS) is 11.0. The second kappa shape index (κ2) is 5.64. The van der Waals surface area contributed by atoms with E-state index < -0.39 is 7.53 Å². The highest BCUT2D eigenvalue weighted by atomic mass is 31.1. The lowest BCUT2D eigenvalue weighted by molar-refractivity contribution is 0.415. The molecule has 0 saturated heterocycles. The highest BCUT2D eigenvalue weighted by Crippen LogP contribution is 2.55. The fourth-order valence-corrected chi connectivity index (χ4v) is 5.68. The van der Waals surface area contributed by atoms with Gasteiger partial charge in [-0.15, -0.1) is 0 Å². The standard InChI is InChI=1S/C20H17O2P/c1-21-14-8-10-19-17(12-14)18-13-15(22-2)9-11-20(18)23(19)16-6-4-3-5-7-16/h3-13H,1-2H3. The van der Waals surface area contributed by atoms with Crippen molar-refractivity contribution in [2.24, 2.45) is 0 Å². The molecule has 0 saturated carbocycles. The Balaban J connectivity index is 2.15. The topological polar surface area (TPSA) is 18.5 Å². The maximum Gasteiger partial charge on any atom is 0.119 e. The molecule has 0 unspecified atom stereocenters. The van der Waals surface area contributed by atoms with Crippen molar-refractivity contribution in [2.45, 2.75) is 0 Å². The Hall–Kier alpha value is -2.44. The molecule has 2 nitrogen and oxygen atoms in total. The van der Waals surface area contributed by atoms with Crippen LogP contribution in [0.2, 0.25) is 0 Å². The van der Waals surface area contributed by atoms with E-state index >= 15 is 0 Å². The lowest BCUT2D eigenvalue weighted by atomic mass is 10.1. The van der Waals surface area contributed by atoms with Crippen molar-refractivity contribution in [3.63, 3.8) is 0 Å². The zero-order chi connectivity index (χ0) is 15.8. The summed E-state index contributed by atoms with van der Waals surface area (Å²) in [5.74, 6) is 1.78. The Bertz CT molecular complexity index is 926. The average Bonchev–Trinajstić information content (AvgIpc) is 2.95. The van der Waals surface area contributed by atoms with Gasteiger partial charge in [-0.05, 0) is 52.5 Å². The summed E-state index contributed by atoms with van der Waals surface area (Å²) in [6.45, 7) is 0. The fraction of sp³-hybridized carbons (Fsp3) is 0.100. The molecule has 0 aliphatic rings. The van der Waals surface area contributed by atoms with Crippen molar-refractivity contribution >= 4 is 28.5 Å². The molecule has 0 bridgehead atoms. The van der Waals surface area contributed by atoms with E-state index in [2.05, 4.69) is 66.7 Å². The summed E-state index contributed by atoms with van der Waals surface area (Å²) in [7, 11) is 2.91. The lowest BCUT2D eigenvalue weighted by Gasteiger charge is -2.04. The Morgan fingerprint density at radius 1 is 0.652 bits per heavy atom. The maximum atomic E-state index is 5.43. The highest BCUT2D eigenvalue weighted by molar-refractivity contribution is 7.67. The van der Waals surface area contributed by atoms with Crippen LogP contribution in [0, 0.1) is 0 Å². The Labute approximate surface area is 136 Å². The Kier molecular flexibility index (Phi) is 3.48. The molecular weight excluding hydrogens is 303 g/mol. The van der Waals surface area contributed by atoms with E-state index in [1.165, 1.54) is 26.3 Å². The van der Waals surface area contributed by atoms with Gasteiger partial charge < -0.3 is 9.47 Å². The summed E-state index contributed by atoms with van der Waals surface area (Å²) in [5.41, 5.74) is 0. The van der Waals surface area contributed by atoms with E-state index in [0.29, 0.717) is 0 Å². The molecule has 3 aromatic carbocycles. The van der Waals surface area contributed by atoms with Crippen molar-refractivity contribution in [3.05, 3.63) is 66.7 Å². The molecule has 0 aliphatic carbocycles. The number of hydrogen-bond acceptors (Lipinski definition) is 2. The van der Waals surface area contributed by atoms with Crippen molar-refractivity contribution in [1.29, 1.82) is 0 Å². The third-order valence-corrected chi connectivity index (χ3v) is 6.75. The smallest absolute Gasteiger partial charge is 0.119 e. The van der Waals surface area contributed by atoms with Gasteiger partial charge in [0, 0.05) is 10.2 Å². The van der Waals surface area contributed by atoms with Crippen LogP contribution in [0.3, 0.4) is 0 Å². The Morgan fingerprint density at radius 2 is 1.17 bits per heavy atom. The number of ether oxygens (including phenoxy) is 2. The number of methoxy groups -OCH3 is 2. The third-order valence-electron chi connectivity index (χ3n) is 4.19. The van der Waals surface area contributed by atoms with Gasteiger partial charge in [0.1, 0.15) is 11.5 Å². The molecule has 4 aromatic rings. The SMILES string of the molecule is COc1ccc2c(c1)c1cc(OC)ccc1p2-c1ccccc1. The zero-order valence-corrected chi connectivity index (χ0v) is 14.0. The van der Waals surface area contributed by atoms with Crippen LogP contribution in [0.25, 0.3) is 26.3 Å². The number of hydrogen-bond donors (Lipinski definition) is 0. The summed E-state index contributed by atoms with van der Waals surface area (Å²) in [4.78, 5) is 0. The molecule has 1 heterocycles. The second-order valence-electron chi connectivity index (χ2n) is 5.44. The highest BCUT2D eigenvalue weighted by Gasteiger charge is 2.14. The maximum absolute atomic E-state index is 5.43. The van der Waals surface area contributed by atoms with Gasteiger partial charge in [0.2, 0.25) is 0 Å². The van der Waals surface area contributed by atoms with Gasteiger partial charge in [-0.2, -0.15) is 0 Å². The van der Waals surface area contributed by atoms with Gasteiger partial charge in [-0.3, -0.25) is 0 Å². The molecule has 23 heavy (non-hydrogen) atoms. The van der Waals surface area contributed by atoms with Gasteiger partial charge >= 0.3 is 0 Å². The molecule has 0 fully saturated rings. The summed E-state index contributed by atoms with van der Waals surface area (Å²) in [6.07, 6.45) is 0. The van der Waals surface area contributed by atoms with Crippen LogP contribution in [0.5, 0.6) is 11.5 Å². The monoisotopic (exact) mass is 320 g/mol. The molecule has 0 atom stereocenters. The van der Waals surface area contributed by atoms with Gasteiger partial charge in [-0.1, -0.05) is 37.9 Å². The number of fused-ring (bicyclic) bond motifs is 3. The molecule has 0 aliphatic heterocycles. The van der Waals surface area contributed by atoms with Crippen LogP contribution >= 0.6 is 7.53 Å². The fourth-order valence-electron chi connectivity index (χ4n) is 3.09. The second-order valence-corrected chi connectivity index (χ2v) is 7.59. The minimum absolute atomic E-state index is 0.518. The molecule has 114 valence electrons. The predicted octanol–water partition coefficient (Wildman–Crippen LogP) is 5.99. The van der Waals surface area contributed by atoms with Crippen LogP contribution in [0.1, 0.15) is 0 Å². The summed E-state index contributed by atoms with van der Waals surface area (Å²) in [6, 6.07) is 23.5. The summed E-state index contributed by atoms with van der Waals surface area (Å²) >= 11 is 0. The average molecular weight is 320 g/mol. The number of rotatable bonds is 3. The molecule has 1 aromatic heterocycles. The summed E-state index contributed by atoms with van der Waals surface area (Å²) in [5, 5.41) is 6.66. The van der Waals surface area contributed by atoms with Crippen LogP contribution in [0.4, 0.5) is 0 Å². The number of benzene rings is 3. The zero-order valence-electron chi connectivity index (χ0n) is 13.1. The first-order chi connectivity index (χ1) is 11.3. The van der Waals surface area contributed by atoms with Gasteiger partial charge in [0.05, 0.1) is 14.2 Å². The van der Waals surface area contributed by atoms with E-state index in [9.17, 15) is 0 Å². The van der Waals surface area contributed by atoms with Crippen molar-refractivity contribution < 1.29 is 9.47 Å². The third kappa shape index (κ3) is 2.27. The lowest BCUT2D eigenvalue weighted by Crippen LogP contribution is -1.81. The van der Waals surface area contributed by atoms with E-state index in [1.807, 2.05) is 0 Å². The van der Waals surface area contributed by atoms with E-state index in [-0.39, 0.29) is 0 Å². The van der Waals surface area contributed by atoms with Gasteiger partial charge in [-0.25, -0.2) is 0 Å². The van der Waals surface area contributed by atoms with Crippen LogP contribution in [-0.2, 0) is 0 Å². The quantitative estimate of drug-likeness (QED) is 0.462. The minimum Gasteiger partial charge on any atom is -0.497 e. The molecule has 0 radical (unpaired) electrons. The first-order valence-electron chi connectivity index (χ1n) is 7.53. The largest absolute Gasteiger partial charge is 0.497 e. The van der Waals surface area contributed by atoms with E-state index in [1.54, 1.807) is 14.2 Å².